The number of nitrogens with zero attached hydrogens (tertiary/aromatic N) is 1. The van der Waals surface area contributed by atoms with Crippen molar-refractivity contribution >= 4 is 51.8 Å². The molecular formula is C19H15NO2S2. The summed E-state index contributed by atoms with van der Waals surface area (Å²) >= 11 is 6.64. The standard InChI is InChI=1S/C19H15NO2S2/c1-12-6-8-16(9-7-12)20-18(22)17(24-19(20)23)11-14-4-3-5-15(10-14)13(2)21/h3-11H,1-2H3/b17-11-. The molecule has 1 saturated heterocycles. The van der Waals surface area contributed by atoms with Crippen LogP contribution in [-0.4, -0.2) is 16.0 Å². The van der Waals surface area contributed by atoms with E-state index in [0.29, 0.717) is 14.8 Å². The van der Waals surface area contributed by atoms with E-state index in [-0.39, 0.29) is 11.7 Å². The van der Waals surface area contributed by atoms with E-state index in [1.165, 1.54) is 18.7 Å². The summed E-state index contributed by atoms with van der Waals surface area (Å²) in [6.07, 6.45) is 1.78. The molecule has 1 heterocycles. The molecule has 120 valence electrons. The Bertz CT molecular complexity index is 869. The van der Waals surface area contributed by atoms with Gasteiger partial charge in [-0.25, -0.2) is 0 Å². The lowest BCUT2D eigenvalue weighted by atomic mass is 10.1. The molecule has 0 N–H and O–H groups in total. The Hall–Kier alpha value is -2.24. The van der Waals surface area contributed by atoms with Crippen molar-refractivity contribution in [1.29, 1.82) is 0 Å². The van der Waals surface area contributed by atoms with Crippen molar-refractivity contribution in [3.05, 3.63) is 70.1 Å². The minimum atomic E-state index is -0.137. The fraction of sp³-hybridized carbons (Fsp3) is 0.105. The summed E-state index contributed by atoms with van der Waals surface area (Å²) in [5.74, 6) is -0.139. The Morgan fingerprint density at radius 3 is 2.54 bits per heavy atom. The first-order valence-corrected chi connectivity index (χ1v) is 8.64. The number of ketones is 1. The van der Waals surface area contributed by atoms with Crippen molar-refractivity contribution in [3.63, 3.8) is 0 Å². The third-order valence-electron chi connectivity index (χ3n) is 3.68. The van der Waals surface area contributed by atoms with Crippen molar-refractivity contribution in [2.24, 2.45) is 0 Å². The Morgan fingerprint density at radius 2 is 1.88 bits per heavy atom. The van der Waals surface area contributed by atoms with E-state index in [1.54, 1.807) is 23.1 Å². The van der Waals surface area contributed by atoms with E-state index in [4.69, 9.17) is 12.2 Å². The largest absolute Gasteiger partial charge is 0.295 e. The van der Waals surface area contributed by atoms with Crippen LogP contribution < -0.4 is 4.90 Å². The monoisotopic (exact) mass is 353 g/mol. The molecule has 2 aromatic carbocycles. The maximum Gasteiger partial charge on any atom is 0.270 e. The first-order chi connectivity index (χ1) is 11.5. The summed E-state index contributed by atoms with van der Waals surface area (Å²) in [5.41, 5.74) is 3.33. The summed E-state index contributed by atoms with van der Waals surface area (Å²) in [6.45, 7) is 3.52. The van der Waals surface area contributed by atoms with Gasteiger partial charge in [-0.2, -0.15) is 0 Å². The van der Waals surface area contributed by atoms with E-state index in [2.05, 4.69) is 0 Å². The van der Waals surface area contributed by atoms with Crippen LogP contribution >= 0.6 is 24.0 Å². The van der Waals surface area contributed by atoms with Gasteiger partial charge in [-0.05, 0) is 43.7 Å². The van der Waals surface area contributed by atoms with Crippen LogP contribution in [0.5, 0.6) is 0 Å². The lowest BCUT2D eigenvalue weighted by Crippen LogP contribution is -2.27. The quantitative estimate of drug-likeness (QED) is 0.459. The zero-order valence-corrected chi connectivity index (χ0v) is 14.9. The van der Waals surface area contributed by atoms with Crippen LogP contribution in [0.4, 0.5) is 5.69 Å². The third-order valence-corrected chi connectivity index (χ3v) is 4.98. The van der Waals surface area contributed by atoms with Crippen LogP contribution in [0.1, 0.15) is 28.4 Å². The molecule has 0 spiro atoms. The zero-order chi connectivity index (χ0) is 17.3. The van der Waals surface area contributed by atoms with Crippen LogP contribution in [0.3, 0.4) is 0 Å². The maximum absolute atomic E-state index is 12.7. The van der Waals surface area contributed by atoms with Crippen LogP contribution in [0.15, 0.2) is 53.4 Å². The van der Waals surface area contributed by atoms with Crippen LogP contribution in [0.2, 0.25) is 0 Å². The summed E-state index contributed by atoms with van der Waals surface area (Å²) < 4.78 is 0.512. The number of rotatable bonds is 3. The summed E-state index contributed by atoms with van der Waals surface area (Å²) in [7, 11) is 0. The second-order valence-corrected chi connectivity index (χ2v) is 7.21. The Labute approximate surface area is 150 Å². The van der Waals surface area contributed by atoms with Gasteiger partial charge in [0, 0.05) is 5.56 Å². The first kappa shape index (κ1) is 16.6. The molecule has 1 amide bonds. The summed E-state index contributed by atoms with van der Waals surface area (Å²) in [6, 6.07) is 14.9. The fourth-order valence-electron chi connectivity index (χ4n) is 2.38. The molecule has 0 atom stereocenters. The maximum atomic E-state index is 12.7. The Kier molecular flexibility index (Phi) is 4.64. The smallest absolute Gasteiger partial charge is 0.270 e. The van der Waals surface area contributed by atoms with Crippen molar-refractivity contribution < 1.29 is 9.59 Å². The third kappa shape index (κ3) is 3.32. The van der Waals surface area contributed by atoms with E-state index in [0.717, 1.165) is 16.8 Å². The van der Waals surface area contributed by atoms with Gasteiger partial charge in [0.1, 0.15) is 0 Å². The molecule has 24 heavy (non-hydrogen) atoms. The van der Waals surface area contributed by atoms with Crippen LogP contribution in [-0.2, 0) is 4.79 Å². The van der Waals surface area contributed by atoms with Gasteiger partial charge < -0.3 is 0 Å². The highest BCUT2D eigenvalue weighted by atomic mass is 32.2. The van der Waals surface area contributed by atoms with Crippen molar-refractivity contribution in [2.45, 2.75) is 13.8 Å². The van der Waals surface area contributed by atoms with Gasteiger partial charge in [0.25, 0.3) is 5.91 Å². The number of amides is 1. The van der Waals surface area contributed by atoms with Gasteiger partial charge in [-0.3, -0.25) is 14.5 Å². The van der Waals surface area contributed by atoms with Crippen LogP contribution in [0, 0.1) is 6.92 Å². The highest BCUT2D eigenvalue weighted by Gasteiger charge is 2.33. The van der Waals surface area contributed by atoms with Crippen molar-refractivity contribution in [2.75, 3.05) is 4.90 Å². The second kappa shape index (κ2) is 6.71. The molecule has 0 radical (unpaired) electrons. The van der Waals surface area contributed by atoms with Gasteiger partial charge in [0.05, 0.1) is 10.6 Å². The Balaban J connectivity index is 1.92. The molecule has 1 aliphatic rings. The second-order valence-electron chi connectivity index (χ2n) is 5.53. The minimum Gasteiger partial charge on any atom is -0.295 e. The molecule has 0 saturated carbocycles. The lowest BCUT2D eigenvalue weighted by Gasteiger charge is -2.14. The number of anilines is 1. The van der Waals surface area contributed by atoms with Gasteiger partial charge in [0.2, 0.25) is 0 Å². The number of carbonyl (C=O) groups excluding carboxylic acids is 2. The van der Waals surface area contributed by atoms with Gasteiger partial charge in [-0.1, -0.05) is 59.9 Å². The van der Waals surface area contributed by atoms with E-state index in [9.17, 15) is 9.59 Å². The minimum absolute atomic E-state index is 0.00236. The van der Waals surface area contributed by atoms with E-state index < -0.39 is 0 Å². The molecule has 2 aromatic rings. The topological polar surface area (TPSA) is 37.4 Å². The molecule has 0 aromatic heterocycles. The molecule has 3 nitrogen and oxygen atoms in total. The number of thioether (sulfide) groups is 1. The molecule has 0 unspecified atom stereocenters. The van der Waals surface area contributed by atoms with Crippen LogP contribution in [0.25, 0.3) is 6.08 Å². The molecule has 1 fully saturated rings. The average Bonchev–Trinajstić information content (AvgIpc) is 2.83. The first-order valence-electron chi connectivity index (χ1n) is 7.41. The fourth-order valence-corrected chi connectivity index (χ4v) is 3.68. The number of Topliss-reactive ketones (excluding diaryl/α,β-unsaturated/α-hetero) is 1. The van der Waals surface area contributed by atoms with E-state index in [1.807, 2.05) is 43.3 Å². The summed E-state index contributed by atoms with van der Waals surface area (Å²) in [4.78, 5) is 26.3. The lowest BCUT2D eigenvalue weighted by molar-refractivity contribution is -0.113. The Morgan fingerprint density at radius 1 is 1.17 bits per heavy atom. The normalized spacial score (nSPS) is 16.1. The number of hydrogen-bond acceptors (Lipinski definition) is 4. The highest BCUT2D eigenvalue weighted by molar-refractivity contribution is 8.27. The predicted molar refractivity (Wildman–Crippen MR) is 103 cm³/mol. The predicted octanol–water partition coefficient (Wildman–Crippen LogP) is 4.60. The molecule has 0 bridgehead atoms. The van der Waals surface area contributed by atoms with Gasteiger partial charge in [-0.15, -0.1) is 0 Å². The number of thiocarbonyl (C=S) groups is 1. The van der Waals surface area contributed by atoms with Crippen molar-refractivity contribution in [1.82, 2.24) is 0 Å². The highest BCUT2D eigenvalue weighted by Crippen LogP contribution is 2.36. The molecule has 3 rings (SSSR count). The number of hydrogen-bond donors (Lipinski definition) is 0. The molecule has 5 heteroatoms. The molecular weight excluding hydrogens is 338 g/mol. The van der Waals surface area contributed by atoms with Gasteiger partial charge >= 0.3 is 0 Å². The van der Waals surface area contributed by atoms with Gasteiger partial charge in [0.15, 0.2) is 10.1 Å². The number of benzene rings is 2. The number of carbonyl (C=O) groups is 2. The summed E-state index contributed by atoms with van der Waals surface area (Å²) in [5, 5.41) is 0. The SMILES string of the molecule is CC(=O)c1cccc(/C=C2\SC(=S)N(c3ccc(C)cc3)C2=O)c1. The van der Waals surface area contributed by atoms with Crippen molar-refractivity contribution in [3.8, 4) is 0 Å². The average molecular weight is 353 g/mol. The van der Waals surface area contributed by atoms with E-state index >= 15 is 0 Å². The molecule has 0 aliphatic carbocycles. The zero-order valence-electron chi connectivity index (χ0n) is 13.3. The molecule has 1 aliphatic heterocycles. The number of aryl methyl sites for hydroxylation is 1.